The molecule has 1 aliphatic heterocycles. The number of ether oxygens (including phenoxy) is 1. The van der Waals surface area contributed by atoms with Crippen LogP contribution in [0.3, 0.4) is 0 Å². The zero-order chi connectivity index (χ0) is 32.0. The van der Waals surface area contributed by atoms with Crippen molar-refractivity contribution in [1.29, 1.82) is 0 Å². The van der Waals surface area contributed by atoms with Gasteiger partial charge in [0.05, 0.1) is 28.9 Å². The summed E-state index contributed by atoms with van der Waals surface area (Å²) in [5, 5.41) is 7.22. The van der Waals surface area contributed by atoms with Crippen LogP contribution in [-0.2, 0) is 20.5 Å². The Hall–Kier alpha value is -4.34. The summed E-state index contributed by atoms with van der Waals surface area (Å²) in [4.78, 5) is 33.5. The lowest BCUT2D eigenvalue weighted by molar-refractivity contribution is -0.139. The highest BCUT2D eigenvalue weighted by Crippen LogP contribution is 2.35. The molecule has 236 valence electrons. The Bertz CT molecular complexity index is 1510. The summed E-state index contributed by atoms with van der Waals surface area (Å²) < 4.78 is 46.0. The van der Waals surface area contributed by atoms with Crippen molar-refractivity contribution in [2.24, 2.45) is 11.6 Å². The molecule has 0 bridgehead atoms. The first-order chi connectivity index (χ1) is 20.8. The number of anilines is 3. The number of methoxy groups -OCH3 is 1. The minimum atomic E-state index is -4.58. The van der Waals surface area contributed by atoms with Crippen molar-refractivity contribution < 1.29 is 27.5 Å². The zero-order valence-corrected chi connectivity index (χ0v) is 25.4. The van der Waals surface area contributed by atoms with E-state index in [1.54, 1.807) is 18.2 Å². The number of allylic oxidation sites excluding steroid dienone is 3. The third-order valence-corrected chi connectivity index (χ3v) is 8.05. The average Bonchev–Trinajstić information content (AvgIpc) is 3.37. The van der Waals surface area contributed by atoms with E-state index >= 15 is 0 Å². The second-order valence-corrected chi connectivity index (χ2v) is 11.3. The fourth-order valence-corrected chi connectivity index (χ4v) is 5.25. The SMILES string of the molecule is COC(=O)CNc1ncc(/C(N)=C/N(N)C2=CC(C(=O)Nc3cc(N4CCN(C)CC4)cc(C(F)(F)F)c3)=CCC=C2C)s1. The third-order valence-electron chi connectivity index (χ3n) is 7.05. The van der Waals surface area contributed by atoms with E-state index < -0.39 is 23.6 Å². The topological polar surface area (TPSA) is 142 Å². The summed E-state index contributed by atoms with van der Waals surface area (Å²) in [5.74, 6) is 5.32. The molecular formula is C29H35F3N8O3S. The Morgan fingerprint density at radius 2 is 1.91 bits per heavy atom. The summed E-state index contributed by atoms with van der Waals surface area (Å²) in [5.41, 5.74) is 7.59. The Balaban J connectivity index is 1.53. The van der Waals surface area contributed by atoms with Gasteiger partial charge in [-0.15, -0.1) is 0 Å². The monoisotopic (exact) mass is 632 g/mol. The highest BCUT2D eigenvalue weighted by atomic mass is 32.1. The van der Waals surface area contributed by atoms with E-state index in [4.69, 9.17) is 11.6 Å². The van der Waals surface area contributed by atoms with Gasteiger partial charge >= 0.3 is 12.1 Å². The maximum atomic E-state index is 13.8. The van der Waals surface area contributed by atoms with Gasteiger partial charge in [0.15, 0.2) is 5.13 Å². The predicted molar refractivity (Wildman–Crippen MR) is 165 cm³/mol. The maximum Gasteiger partial charge on any atom is 0.416 e. The number of esters is 1. The number of likely N-dealkylation sites (N-methyl/N-ethyl adjacent to an activating group) is 1. The van der Waals surface area contributed by atoms with Gasteiger partial charge < -0.3 is 30.9 Å². The van der Waals surface area contributed by atoms with Crippen LogP contribution in [-0.4, -0.2) is 73.7 Å². The number of hydrogen-bond acceptors (Lipinski definition) is 11. The number of thiazole rings is 1. The number of nitrogens with one attached hydrogen (secondary N) is 2. The molecule has 0 atom stereocenters. The standard InChI is InChI=1S/C29H35F3N8O3S/c1-18-5-4-6-19(11-24(18)40(34)17-23(33)25-15-35-28(44-25)36-16-26(41)43-3)27(42)37-21-12-20(29(30,31)32)13-22(14-21)39-9-7-38(2)8-10-39/h5-6,11-15,17H,4,7-10,16,33-34H2,1-3H3,(H,35,36)(H,37,42)/b23-17-. The van der Waals surface area contributed by atoms with Gasteiger partial charge in [-0.25, -0.2) is 10.8 Å². The van der Waals surface area contributed by atoms with Crippen molar-refractivity contribution in [1.82, 2.24) is 14.9 Å². The van der Waals surface area contributed by atoms with E-state index in [0.29, 0.717) is 40.9 Å². The molecule has 6 N–H and O–H groups in total. The molecular weight excluding hydrogens is 597 g/mol. The fraction of sp³-hybridized carbons (Fsp3) is 0.345. The summed E-state index contributed by atoms with van der Waals surface area (Å²) in [6.45, 7) is 4.35. The molecule has 44 heavy (non-hydrogen) atoms. The largest absolute Gasteiger partial charge is 0.468 e. The Morgan fingerprint density at radius 1 is 1.18 bits per heavy atom. The number of nitrogens with two attached hydrogens (primary N) is 2. The molecule has 2 aromatic rings. The van der Waals surface area contributed by atoms with Gasteiger partial charge in [0.2, 0.25) is 0 Å². The third kappa shape index (κ3) is 8.39. The van der Waals surface area contributed by atoms with Crippen LogP contribution in [0.15, 0.2) is 65.7 Å². The van der Waals surface area contributed by atoms with Crippen molar-refractivity contribution in [2.45, 2.75) is 19.5 Å². The predicted octanol–water partition coefficient (Wildman–Crippen LogP) is 3.73. The lowest BCUT2D eigenvalue weighted by atomic mass is 10.1. The van der Waals surface area contributed by atoms with Crippen molar-refractivity contribution in [3.05, 3.63) is 76.1 Å². The van der Waals surface area contributed by atoms with Crippen LogP contribution < -0.4 is 27.1 Å². The fourth-order valence-electron chi connectivity index (χ4n) is 4.51. The number of piperazine rings is 1. The molecule has 11 nitrogen and oxygen atoms in total. The number of amides is 1. The highest BCUT2D eigenvalue weighted by Gasteiger charge is 2.32. The number of hydrogen-bond donors (Lipinski definition) is 4. The summed E-state index contributed by atoms with van der Waals surface area (Å²) >= 11 is 1.21. The Morgan fingerprint density at radius 3 is 2.59 bits per heavy atom. The molecule has 1 amide bonds. The molecule has 1 fully saturated rings. The van der Waals surface area contributed by atoms with Crippen molar-refractivity contribution in [2.75, 3.05) is 62.4 Å². The number of rotatable bonds is 9. The smallest absolute Gasteiger partial charge is 0.416 e. The van der Waals surface area contributed by atoms with Crippen LogP contribution in [0.25, 0.3) is 5.70 Å². The molecule has 1 aromatic carbocycles. The average molecular weight is 633 g/mol. The van der Waals surface area contributed by atoms with Crippen LogP contribution in [0.5, 0.6) is 0 Å². The van der Waals surface area contributed by atoms with Crippen LogP contribution in [0.4, 0.5) is 29.7 Å². The number of carbonyl (C=O) groups is 2. The van der Waals surface area contributed by atoms with Crippen molar-refractivity contribution in [3.63, 3.8) is 0 Å². The minimum Gasteiger partial charge on any atom is -0.468 e. The summed E-state index contributed by atoms with van der Waals surface area (Å²) in [6.07, 6.45) is 3.91. The van der Waals surface area contributed by atoms with Crippen LogP contribution in [0, 0.1) is 0 Å². The molecule has 0 spiro atoms. The first-order valence-electron chi connectivity index (χ1n) is 13.7. The first-order valence-corrected chi connectivity index (χ1v) is 14.5. The van der Waals surface area contributed by atoms with E-state index in [-0.39, 0.29) is 23.5 Å². The van der Waals surface area contributed by atoms with Gasteiger partial charge in [-0.2, -0.15) is 13.2 Å². The molecule has 1 saturated heterocycles. The van der Waals surface area contributed by atoms with Gasteiger partial charge in [0, 0.05) is 55.5 Å². The lowest BCUT2D eigenvalue weighted by Gasteiger charge is -2.34. The molecule has 2 aliphatic rings. The highest BCUT2D eigenvalue weighted by molar-refractivity contribution is 7.16. The first kappa shape index (κ1) is 32.6. The van der Waals surface area contributed by atoms with Gasteiger partial charge in [-0.3, -0.25) is 14.6 Å². The van der Waals surface area contributed by atoms with Crippen LogP contribution >= 0.6 is 11.3 Å². The second kappa shape index (κ2) is 14.0. The number of carbonyl (C=O) groups excluding carboxylic acids is 2. The van der Waals surface area contributed by atoms with E-state index in [1.807, 2.05) is 24.9 Å². The van der Waals surface area contributed by atoms with Crippen molar-refractivity contribution in [3.8, 4) is 0 Å². The van der Waals surface area contributed by atoms with E-state index in [9.17, 15) is 22.8 Å². The van der Waals surface area contributed by atoms with E-state index in [2.05, 4.69) is 25.3 Å². The summed E-state index contributed by atoms with van der Waals surface area (Å²) in [7, 11) is 3.25. The number of hydrazine groups is 1. The van der Waals surface area contributed by atoms with Crippen molar-refractivity contribution >= 4 is 45.4 Å². The molecule has 15 heteroatoms. The van der Waals surface area contributed by atoms with Crippen LogP contribution in [0.2, 0.25) is 0 Å². The molecule has 4 rings (SSSR count). The maximum absolute atomic E-state index is 13.8. The molecule has 0 unspecified atom stereocenters. The number of benzene rings is 1. The van der Waals surface area contributed by atoms with Crippen LogP contribution in [0.1, 0.15) is 23.8 Å². The Labute approximate surface area is 257 Å². The number of aromatic nitrogens is 1. The molecule has 0 saturated carbocycles. The van der Waals surface area contributed by atoms with Gasteiger partial charge in [-0.1, -0.05) is 23.5 Å². The molecule has 1 aromatic heterocycles. The lowest BCUT2D eigenvalue weighted by Crippen LogP contribution is -2.44. The molecule has 1 aliphatic carbocycles. The number of alkyl halides is 3. The van der Waals surface area contributed by atoms with Gasteiger partial charge in [-0.05, 0) is 50.2 Å². The quantitative estimate of drug-likeness (QED) is 0.184. The Kier molecular flexibility index (Phi) is 10.3. The zero-order valence-electron chi connectivity index (χ0n) is 24.6. The number of nitrogens with zero attached hydrogens (tertiary/aromatic N) is 4. The van der Waals surface area contributed by atoms with E-state index in [1.165, 1.54) is 35.9 Å². The minimum absolute atomic E-state index is 0.0408. The summed E-state index contributed by atoms with van der Waals surface area (Å²) in [6, 6.07) is 3.61. The van der Waals surface area contributed by atoms with Gasteiger partial charge in [0.1, 0.15) is 6.54 Å². The number of halogens is 3. The molecule has 0 radical (unpaired) electrons. The van der Waals surface area contributed by atoms with Gasteiger partial charge in [0.25, 0.3) is 5.91 Å². The second-order valence-electron chi connectivity index (χ2n) is 10.3. The normalized spacial score (nSPS) is 16.4. The molecule has 2 heterocycles. The van der Waals surface area contributed by atoms with E-state index in [0.717, 1.165) is 30.8 Å².